The lowest BCUT2D eigenvalue weighted by Gasteiger charge is -2.40. The zero-order chi connectivity index (χ0) is 36.6. The molecule has 276 valence electrons. The molecule has 3 amide bonds. The number of nitrogens with one attached hydrogen (secondary N) is 4. The normalized spacial score (nSPS) is 24.5. The average Bonchev–Trinajstić information content (AvgIpc) is 3.65. The van der Waals surface area contributed by atoms with Crippen LogP contribution in [0.25, 0.3) is 0 Å². The van der Waals surface area contributed by atoms with Crippen molar-refractivity contribution in [1.82, 2.24) is 26.2 Å². The first-order valence-corrected chi connectivity index (χ1v) is 19.0. The molecule has 4 N–H and O–H groups in total. The van der Waals surface area contributed by atoms with Crippen molar-refractivity contribution >= 4 is 29.7 Å². The zero-order valence-corrected chi connectivity index (χ0v) is 31.2. The molecule has 4 aliphatic rings. The van der Waals surface area contributed by atoms with E-state index in [9.17, 15) is 19.2 Å². The zero-order valence-electron chi connectivity index (χ0n) is 31.2. The lowest BCUT2D eigenvalue weighted by molar-refractivity contribution is -0.143. The Morgan fingerprint density at radius 1 is 0.940 bits per heavy atom. The molecule has 0 aromatic carbocycles. The van der Waals surface area contributed by atoms with Gasteiger partial charge in [0.15, 0.2) is 5.78 Å². The van der Waals surface area contributed by atoms with Crippen molar-refractivity contribution in [3.63, 3.8) is 0 Å². The van der Waals surface area contributed by atoms with Gasteiger partial charge in [0, 0.05) is 24.5 Å². The molecule has 0 radical (unpaired) electrons. The van der Waals surface area contributed by atoms with E-state index in [0.29, 0.717) is 24.4 Å². The highest BCUT2D eigenvalue weighted by molar-refractivity contribution is 6.01. The molecule has 0 unspecified atom stereocenters. The van der Waals surface area contributed by atoms with Crippen LogP contribution in [0, 0.1) is 23.2 Å². The molecule has 50 heavy (non-hydrogen) atoms. The maximum absolute atomic E-state index is 14.8. The van der Waals surface area contributed by atoms with E-state index in [1.807, 2.05) is 27.7 Å². The van der Waals surface area contributed by atoms with Crippen molar-refractivity contribution in [1.29, 1.82) is 0 Å². The molecule has 3 saturated carbocycles. The molecule has 10 nitrogen and oxygen atoms in total. The van der Waals surface area contributed by atoms with E-state index >= 15 is 0 Å². The number of carbonyl (C=O) groups excluding carboxylic acids is 4. The Balaban J connectivity index is 1.57. The highest BCUT2D eigenvalue weighted by Gasteiger charge is 2.52. The minimum atomic E-state index is -0.706. The van der Waals surface area contributed by atoms with Crippen LogP contribution < -0.4 is 21.3 Å². The SMILES string of the molecule is C=CC=N/C(=C\C)C(=O)N[C@@H](C(=C)N[C@@H](C(=O)N1C[C@@H]2CCC[C@@H]2[C@H]1C(=O)N[C@@H](CCC)C(=O)C(=C)NC1CC1)C(C)(C)C)C1CCCCC1. The highest BCUT2D eigenvalue weighted by Crippen LogP contribution is 2.43. The fourth-order valence-electron chi connectivity index (χ4n) is 8.10. The summed E-state index contributed by atoms with van der Waals surface area (Å²) in [5.74, 6) is -0.498. The number of ketones is 1. The van der Waals surface area contributed by atoms with E-state index < -0.39 is 29.6 Å². The Labute approximate surface area is 300 Å². The topological polar surface area (TPSA) is 132 Å². The molecule has 0 aromatic rings. The second kappa shape index (κ2) is 17.5. The Bertz CT molecular complexity index is 1350. The largest absolute Gasteiger partial charge is 0.380 e. The summed E-state index contributed by atoms with van der Waals surface area (Å²) in [6, 6.07) is -2.20. The summed E-state index contributed by atoms with van der Waals surface area (Å²) >= 11 is 0. The number of carbonyl (C=O) groups is 4. The molecule has 6 atom stereocenters. The summed E-state index contributed by atoms with van der Waals surface area (Å²) in [6.07, 6.45) is 16.0. The lowest BCUT2D eigenvalue weighted by Crippen LogP contribution is -2.59. The van der Waals surface area contributed by atoms with Crippen molar-refractivity contribution in [2.45, 2.75) is 142 Å². The fraction of sp³-hybridized carbons (Fsp3) is 0.675. The third-order valence-corrected chi connectivity index (χ3v) is 11.0. The monoisotopic (exact) mass is 690 g/mol. The molecule has 3 aliphatic carbocycles. The molecule has 10 heteroatoms. The summed E-state index contributed by atoms with van der Waals surface area (Å²) in [5, 5.41) is 13.0. The minimum Gasteiger partial charge on any atom is -0.380 e. The number of hydrogen-bond donors (Lipinski definition) is 4. The van der Waals surface area contributed by atoms with Gasteiger partial charge < -0.3 is 26.2 Å². The van der Waals surface area contributed by atoms with Gasteiger partial charge in [-0.3, -0.25) is 24.2 Å². The third kappa shape index (κ3) is 9.75. The van der Waals surface area contributed by atoms with E-state index in [0.717, 1.165) is 70.6 Å². The Hall–Kier alpha value is -3.69. The van der Waals surface area contributed by atoms with Gasteiger partial charge in [0.05, 0.1) is 17.8 Å². The molecular formula is C40H62N6O4. The first-order valence-electron chi connectivity index (χ1n) is 19.0. The van der Waals surface area contributed by atoms with Crippen molar-refractivity contribution < 1.29 is 19.2 Å². The number of allylic oxidation sites excluding steroid dienone is 2. The molecular weight excluding hydrogens is 628 g/mol. The standard InChI is InChI=1S/C40H62N6O4/c1-9-16-32(35(47)26(5)42-29-21-22-29)44-38(49)34-30-20-15-19-28(30)24-46(34)39(50)36(40(6,7)8)43-25(4)33(27-17-13-12-14-18-27)45-37(48)31(11-3)41-23-10-2/h10-11,23,27-30,32-34,36,42-43H,2,4-5,9,12-22,24H2,1,3,6-8H3,(H,44,49)(H,45,48)/b31-11-,41-23?/t28-,30-,32-,33-,34-,36-/m0/s1. The van der Waals surface area contributed by atoms with Crippen LogP contribution in [0.3, 0.4) is 0 Å². The van der Waals surface area contributed by atoms with Crippen LogP contribution in [0.4, 0.5) is 0 Å². The van der Waals surface area contributed by atoms with Crippen molar-refractivity contribution in [3.8, 4) is 0 Å². The number of amides is 3. The van der Waals surface area contributed by atoms with E-state index in [1.54, 1.807) is 17.9 Å². The number of nitrogens with zero attached hydrogens (tertiary/aromatic N) is 2. The smallest absolute Gasteiger partial charge is 0.270 e. The molecule has 0 aromatic heterocycles. The first-order chi connectivity index (χ1) is 23.8. The molecule has 4 rings (SSSR count). The summed E-state index contributed by atoms with van der Waals surface area (Å²) in [5.41, 5.74) is 0.660. The van der Waals surface area contributed by atoms with Gasteiger partial charge in [0.1, 0.15) is 17.8 Å². The summed E-state index contributed by atoms with van der Waals surface area (Å²) in [7, 11) is 0. The average molecular weight is 691 g/mol. The van der Waals surface area contributed by atoms with Crippen molar-refractivity contribution in [2.75, 3.05) is 6.54 Å². The lowest BCUT2D eigenvalue weighted by atomic mass is 9.81. The quantitative estimate of drug-likeness (QED) is 0.118. The Kier molecular flexibility index (Phi) is 13.7. The second-order valence-corrected chi connectivity index (χ2v) is 15.9. The van der Waals surface area contributed by atoms with Crippen LogP contribution in [0.2, 0.25) is 0 Å². The van der Waals surface area contributed by atoms with Crippen molar-refractivity contribution in [3.05, 3.63) is 49.0 Å². The molecule has 0 bridgehead atoms. The van der Waals surface area contributed by atoms with E-state index in [2.05, 4.69) is 46.0 Å². The van der Waals surface area contributed by atoms with Gasteiger partial charge in [-0.05, 0) is 75.0 Å². The molecule has 1 heterocycles. The number of likely N-dealkylation sites (tertiary alicyclic amines) is 1. The maximum Gasteiger partial charge on any atom is 0.270 e. The van der Waals surface area contributed by atoms with Gasteiger partial charge in [-0.1, -0.05) is 91.7 Å². The predicted molar refractivity (Wildman–Crippen MR) is 200 cm³/mol. The molecule has 4 fully saturated rings. The van der Waals surface area contributed by atoms with Crippen LogP contribution in [0.5, 0.6) is 0 Å². The number of aliphatic imine (C=N–C) groups is 1. The number of hydrogen-bond acceptors (Lipinski definition) is 7. The van der Waals surface area contributed by atoms with Crippen molar-refractivity contribution in [2.24, 2.45) is 28.2 Å². The van der Waals surface area contributed by atoms with Gasteiger partial charge in [-0.15, -0.1) is 0 Å². The van der Waals surface area contributed by atoms with E-state index in [1.165, 1.54) is 12.3 Å². The van der Waals surface area contributed by atoms with Crippen LogP contribution in [0.15, 0.2) is 54.0 Å². The number of fused-ring (bicyclic) bond motifs is 1. The third-order valence-electron chi connectivity index (χ3n) is 11.0. The van der Waals surface area contributed by atoms with E-state index in [4.69, 9.17) is 0 Å². The van der Waals surface area contributed by atoms with Crippen LogP contribution in [-0.2, 0) is 19.2 Å². The van der Waals surface area contributed by atoms with Gasteiger partial charge in [0.25, 0.3) is 5.91 Å². The van der Waals surface area contributed by atoms with Crippen LogP contribution in [-0.4, -0.2) is 71.4 Å². The van der Waals surface area contributed by atoms with E-state index in [-0.39, 0.29) is 53.0 Å². The van der Waals surface area contributed by atoms with Gasteiger partial charge in [-0.2, -0.15) is 0 Å². The Morgan fingerprint density at radius 3 is 2.24 bits per heavy atom. The highest BCUT2D eigenvalue weighted by atomic mass is 16.2. The van der Waals surface area contributed by atoms with Gasteiger partial charge in [-0.25, -0.2) is 0 Å². The number of Topliss-reactive ketones (excluding diaryl/α,β-unsaturated/α-hetero) is 1. The summed E-state index contributed by atoms with van der Waals surface area (Å²) in [6.45, 7) is 22.3. The number of rotatable bonds is 17. The molecule has 0 spiro atoms. The molecule has 1 saturated heterocycles. The first kappa shape index (κ1) is 39.1. The summed E-state index contributed by atoms with van der Waals surface area (Å²) < 4.78 is 0. The van der Waals surface area contributed by atoms with Crippen LogP contribution in [0.1, 0.15) is 112 Å². The van der Waals surface area contributed by atoms with Crippen LogP contribution >= 0.6 is 0 Å². The maximum atomic E-state index is 14.8. The van der Waals surface area contributed by atoms with Gasteiger partial charge in [0.2, 0.25) is 11.8 Å². The molecule has 1 aliphatic heterocycles. The Morgan fingerprint density at radius 2 is 1.64 bits per heavy atom. The van der Waals surface area contributed by atoms with Gasteiger partial charge >= 0.3 is 0 Å². The second-order valence-electron chi connectivity index (χ2n) is 15.9. The fourth-order valence-corrected chi connectivity index (χ4v) is 8.10. The predicted octanol–water partition coefficient (Wildman–Crippen LogP) is 5.48. The summed E-state index contributed by atoms with van der Waals surface area (Å²) in [4.78, 5) is 61.9. The minimum absolute atomic E-state index is 0.0394.